The summed E-state index contributed by atoms with van der Waals surface area (Å²) in [7, 11) is 0. The number of carbonyl (C=O) groups is 1. The lowest BCUT2D eigenvalue weighted by molar-refractivity contribution is 0.218. The van der Waals surface area contributed by atoms with Crippen molar-refractivity contribution >= 4 is 22.6 Å². The Morgan fingerprint density at radius 1 is 1.33 bits per heavy atom. The minimum atomic E-state index is -0.438. The van der Waals surface area contributed by atoms with Crippen molar-refractivity contribution in [1.82, 2.24) is 9.88 Å². The number of aliphatic hydroxyl groups excluding tert-OH is 1. The maximum absolute atomic E-state index is 12.0. The molecule has 1 heterocycles. The van der Waals surface area contributed by atoms with E-state index >= 15 is 0 Å². The topological polar surface area (TPSA) is 66.3 Å². The van der Waals surface area contributed by atoms with Crippen LogP contribution in [0.15, 0.2) is 30.5 Å². The third-order valence-corrected chi connectivity index (χ3v) is 3.56. The molecule has 2 amide bonds. The lowest BCUT2D eigenvalue weighted by Crippen LogP contribution is -2.46. The van der Waals surface area contributed by atoms with Crippen molar-refractivity contribution in [2.75, 3.05) is 11.9 Å². The zero-order valence-electron chi connectivity index (χ0n) is 12.8. The second kappa shape index (κ2) is 6.18. The van der Waals surface area contributed by atoms with Crippen LogP contribution in [0, 0.1) is 0 Å². The highest BCUT2D eigenvalue weighted by atomic mass is 16.3. The summed E-state index contributed by atoms with van der Waals surface area (Å²) >= 11 is 0. The van der Waals surface area contributed by atoms with Crippen molar-refractivity contribution < 1.29 is 9.90 Å². The SMILES string of the molecule is CCn1ccc2ccc(NC(=O)NC(C)(C)CCO)cc21. The van der Waals surface area contributed by atoms with Crippen molar-refractivity contribution in [3.63, 3.8) is 0 Å². The van der Waals surface area contributed by atoms with Crippen molar-refractivity contribution in [1.29, 1.82) is 0 Å². The number of nitrogens with zero attached hydrogens (tertiary/aromatic N) is 1. The van der Waals surface area contributed by atoms with Crippen LogP contribution in [-0.4, -0.2) is 27.9 Å². The van der Waals surface area contributed by atoms with Gasteiger partial charge in [-0.15, -0.1) is 0 Å². The van der Waals surface area contributed by atoms with Gasteiger partial charge < -0.3 is 20.3 Å². The lowest BCUT2D eigenvalue weighted by Gasteiger charge is -2.25. The molecule has 1 aromatic heterocycles. The molecule has 0 saturated carbocycles. The van der Waals surface area contributed by atoms with Crippen LogP contribution in [0.2, 0.25) is 0 Å². The third-order valence-electron chi connectivity index (χ3n) is 3.56. The van der Waals surface area contributed by atoms with Gasteiger partial charge in [0, 0.05) is 30.6 Å². The Bertz CT molecular complexity index is 631. The molecule has 0 fully saturated rings. The summed E-state index contributed by atoms with van der Waals surface area (Å²) in [5.41, 5.74) is 1.42. The fraction of sp³-hybridized carbons (Fsp3) is 0.438. The lowest BCUT2D eigenvalue weighted by atomic mass is 10.0. The number of fused-ring (bicyclic) bond motifs is 1. The molecule has 2 rings (SSSR count). The highest BCUT2D eigenvalue weighted by molar-refractivity contribution is 5.93. The summed E-state index contributed by atoms with van der Waals surface area (Å²) in [6, 6.07) is 7.66. The highest BCUT2D eigenvalue weighted by Gasteiger charge is 2.19. The smallest absolute Gasteiger partial charge is 0.319 e. The van der Waals surface area contributed by atoms with E-state index in [-0.39, 0.29) is 12.6 Å². The van der Waals surface area contributed by atoms with Gasteiger partial charge in [-0.1, -0.05) is 6.07 Å². The first kappa shape index (κ1) is 15.4. The molecule has 0 atom stereocenters. The van der Waals surface area contributed by atoms with E-state index in [9.17, 15) is 4.79 Å². The van der Waals surface area contributed by atoms with Crippen LogP contribution in [0.5, 0.6) is 0 Å². The fourth-order valence-corrected chi connectivity index (χ4v) is 2.35. The number of aliphatic hydroxyl groups is 1. The third kappa shape index (κ3) is 3.76. The Morgan fingerprint density at radius 3 is 2.76 bits per heavy atom. The maximum Gasteiger partial charge on any atom is 0.319 e. The van der Waals surface area contributed by atoms with E-state index in [1.165, 1.54) is 0 Å². The summed E-state index contributed by atoms with van der Waals surface area (Å²) in [6.45, 7) is 6.79. The standard InChI is InChI=1S/C16H23N3O2/c1-4-19-9-7-12-5-6-13(11-14(12)19)17-15(21)18-16(2,3)8-10-20/h5-7,9,11,20H,4,8,10H2,1-3H3,(H2,17,18,21). The molecule has 0 radical (unpaired) electrons. The number of amides is 2. The average Bonchev–Trinajstić information content (AvgIpc) is 2.79. The molecular weight excluding hydrogens is 266 g/mol. The van der Waals surface area contributed by atoms with Crippen LogP contribution in [-0.2, 0) is 6.54 Å². The molecule has 5 heteroatoms. The van der Waals surface area contributed by atoms with Gasteiger partial charge in [0.2, 0.25) is 0 Å². The molecular formula is C16H23N3O2. The van der Waals surface area contributed by atoms with Gasteiger partial charge in [0.15, 0.2) is 0 Å². The zero-order valence-corrected chi connectivity index (χ0v) is 12.8. The van der Waals surface area contributed by atoms with E-state index in [2.05, 4.69) is 28.2 Å². The molecule has 0 bridgehead atoms. The number of aromatic nitrogens is 1. The van der Waals surface area contributed by atoms with E-state index in [1.807, 2.05) is 38.2 Å². The van der Waals surface area contributed by atoms with Crippen LogP contribution in [0.4, 0.5) is 10.5 Å². The van der Waals surface area contributed by atoms with Gasteiger partial charge >= 0.3 is 6.03 Å². The maximum atomic E-state index is 12.0. The van der Waals surface area contributed by atoms with Gasteiger partial charge in [0.1, 0.15) is 0 Å². The number of carbonyl (C=O) groups excluding carboxylic acids is 1. The van der Waals surface area contributed by atoms with Crippen molar-refractivity contribution in [3.05, 3.63) is 30.5 Å². The van der Waals surface area contributed by atoms with Crippen LogP contribution in [0.1, 0.15) is 27.2 Å². The predicted molar refractivity (Wildman–Crippen MR) is 85.5 cm³/mol. The van der Waals surface area contributed by atoms with Crippen molar-refractivity contribution in [2.24, 2.45) is 0 Å². The highest BCUT2D eigenvalue weighted by Crippen LogP contribution is 2.20. The Labute approximate surface area is 125 Å². The zero-order chi connectivity index (χ0) is 15.5. The second-order valence-corrected chi connectivity index (χ2v) is 5.81. The summed E-state index contributed by atoms with van der Waals surface area (Å²) in [6.07, 6.45) is 2.55. The normalized spacial score (nSPS) is 11.6. The monoisotopic (exact) mass is 289 g/mol. The number of hydrogen-bond acceptors (Lipinski definition) is 2. The molecule has 1 aromatic carbocycles. The molecule has 3 N–H and O–H groups in total. The number of aryl methyl sites for hydroxylation is 1. The number of urea groups is 1. The van der Waals surface area contributed by atoms with Crippen LogP contribution >= 0.6 is 0 Å². The number of benzene rings is 1. The second-order valence-electron chi connectivity index (χ2n) is 5.81. The molecule has 0 saturated heterocycles. The number of rotatable bonds is 5. The first-order valence-electron chi connectivity index (χ1n) is 7.24. The van der Waals surface area contributed by atoms with Crippen molar-refractivity contribution in [3.8, 4) is 0 Å². The molecule has 0 spiro atoms. The van der Waals surface area contributed by atoms with Crippen molar-refractivity contribution in [2.45, 2.75) is 39.3 Å². The molecule has 5 nitrogen and oxygen atoms in total. The van der Waals surface area contributed by atoms with Gasteiger partial charge in [-0.2, -0.15) is 0 Å². The summed E-state index contributed by atoms with van der Waals surface area (Å²) in [5, 5.41) is 15.8. The molecule has 2 aromatic rings. The summed E-state index contributed by atoms with van der Waals surface area (Å²) in [5.74, 6) is 0. The minimum Gasteiger partial charge on any atom is -0.396 e. The predicted octanol–water partition coefficient (Wildman–Crippen LogP) is 2.94. The summed E-state index contributed by atoms with van der Waals surface area (Å²) < 4.78 is 2.13. The Morgan fingerprint density at radius 2 is 2.10 bits per heavy atom. The Kier molecular flexibility index (Phi) is 4.53. The van der Waals surface area contributed by atoms with Crippen LogP contribution in [0.3, 0.4) is 0 Å². The van der Waals surface area contributed by atoms with Gasteiger partial charge in [0.05, 0.1) is 5.52 Å². The average molecular weight is 289 g/mol. The Balaban J connectivity index is 2.10. The van der Waals surface area contributed by atoms with E-state index in [0.717, 1.165) is 23.1 Å². The van der Waals surface area contributed by atoms with E-state index in [4.69, 9.17) is 5.11 Å². The van der Waals surface area contributed by atoms with E-state index in [0.29, 0.717) is 6.42 Å². The number of anilines is 1. The van der Waals surface area contributed by atoms with E-state index in [1.54, 1.807) is 0 Å². The first-order chi connectivity index (χ1) is 9.95. The first-order valence-corrected chi connectivity index (χ1v) is 7.24. The van der Waals surface area contributed by atoms with Gasteiger partial charge in [-0.05, 0) is 50.8 Å². The minimum absolute atomic E-state index is 0.0449. The van der Waals surface area contributed by atoms with Gasteiger partial charge in [-0.25, -0.2) is 4.79 Å². The Hall–Kier alpha value is -2.01. The van der Waals surface area contributed by atoms with Crippen LogP contribution in [0.25, 0.3) is 10.9 Å². The summed E-state index contributed by atoms with van der Waals surface area (Å²) in [4.78, 5) is 12.0. The molecule has 0 aliphatic rings. The molecule has 0 aliphatic heterocycles. The fourth-order valence-electron chi connectivity index (χ4n) is 2.35. The molecule has 0 unspecified atom stereocenters. The van der Waals surface area contributed by atoms with E-state index < -0.39 is 5.54 Å². The number of hydrogen-bond donors (Lipinski definition) is 3. The molecule has 21 heavy (non-hydrogen) atoms. The molecule has 0 aliphatic carbocycles. The number of nitrogens with one attached hydrogen (secondary N) is 2. The van der Waals surface area contributed by atoms with Crippen LogP contribution < -0.4 is 10.6 Å². The quantitative estimate of drug-likeness (QED) is 0.792. The largest absolute Gasteiger partial charge is 0.396 e. The molecule has 114 valence electrons. The van der Waals surface area contributed by atoms with Gasteiger partial charge in [-0.3, -0.25) is 0 Å². The van der Waals surface area contributed by atoms with Gasteiger partial charge in [0.25, 0.3) is 0 Å².